The van der Waals surface area contributed by atoms with Crippen molar-refractivity contribution in [2.24, 2.45) is 5.92 Å². The summed E-state index contributed by atoms with van der Waals surface area (Å²) in [5.41, 5.74) is 0. The molecule has 0 radical (unpaired) electrons. The van der Waals surface area contributed by atoms with E-state index in [-0.39, 0.29) is 12.0 Å². The van der Waals surface area contributed by atoms with E-state index in [0.29, 0.717) is 5.02 Å². The molecule has 0 aromatic carbocycles. The van der Waals surface area contributed by atoms with Crippen LogP contribution in [0.15, 0.2) is 11.4 Å². The Labute approximate surface area is 75.6 Å². The molecule has 0 bridgehead atoms. The molecule has 0 saturated heterocycles. The first-order chi connectivity index (χ1) is 5.11. The number of thiophene rings is 1. The van der Waals surface area contributed by atoms with Gasteiger partial charge in [0, 0.05) is 10.3 Å². The lowest BCUT2D eigenvalue weighted by Crippen LogP contribution is -2.02. The van der Waals surface area contributed by atoms with Crippen molar-refractivity contribution < 1.29 is 5.11 Å². The van der Waals surface area contributed by atoms with Gasteiger partial charge in [-0.2, -0.15) is 0 Å². The summed E-state index contributed by atoms with van der Waals surface area (Å²) < 4.78 is 0. The molecule has 0 aliphatic rings. The number of aliphatic hydroxyl groups is 1. The van der Waals surface area contributed by atoms with E-state index < -0.39 is 0 Å². The van der Waals surface area contributed by atoms with Crippen LogP contribution in [0.25, 0.3) is 0 Å². The van der Waals surface area contributed by atoms with Crippen LogP contribution in [0.2, 0.25) is 5.02 Å². The van der Waals surface area contributed by atoms with Crippen molar-refractivity contribution >= 4 is 22.9 Å². The van der Waals surface area contributed by atoms with Crippen LogP contribution in [0.4, 0.5) is 0 Å². The smallest absolute Gasteiger partial charge is 0.0905 e. The number of rotatable bonds is 2. The minimum absolute atomic E-state index is 0.254. The van der Waals surface area contributed by atoms with Gasteiger partial charge in [0.2, 0.25) is 0 Å². The van der Waals surface area contributed by atoms with Crippen molar-refractivity contribution in [3.05, 3.63) is 21.3 Å². The Morgan fingerprint density at radius 1 is 1.55 bits per heavy atom. The van der Waals surface area contributed by atoms with Gasteiger partial charge in [0.05, 0.1) is 11.1 Å². The molecule has 1 unspecified atom stereocenters. The molecule has 1 aromatic rings. The fraction of sp³-hybridized carbons (Fsp3) is 0.500. The van der Waals surface area contributed by atoms with E-state index >= 15 is 0 Å². The molecule has 0 saturated carbocycles. The van der Waals surface area contributed by atoms with Crippen LogP contribution < -0.4 is 0 Å². The molecule has 0 spiro atoms. The first-order valence-corrected chi connectivity index (χ1v) is 4.79. The van der Waals surface area contributed by atoms with E-state index in [0.717, 1.165) is 4.88 Å². The Bertz CT molecular complexity index is 232. The molecule has 1 rings (SSSR count). The quantitative estimate of drug-likeness (QED) is 0.760. The average Bonchev–Trinajstić information content (AvgIpc) is 2.34. The van der Waals surface area contributed by atoms with Gasteiger partial charge in [0.15, 0.2) is 0 Å². The van der Waals surface area contributed by atoms with E-state index in [4.69, 9.17) is 11.6 Å². The van der Waals surface area contributed by atoms with Crippen molar-refractivity contribution in [3.63, 3.8) is 0 Å². The topological polar surface area (TPSA) is 20.2 Å². The van der Waals surface area contributed by atoms with E-state index in [2.05, 4.69) is 0 Å². The lowest BCUT2D eigenvalue weighted by molar-refractivity contribution is 0.130. The lowest BCUT2D eigenvalue weighted by Gasteiger charge is -2.11. The molecule has 1 heterocycles. The minimum Gasteiger partial charge on any atom is -0.387 e. The Balaban J connectivity index is 2.76. The summed E-state index contributed by atoms with van der Waals surface area (Å²) >= 11 is 7.21. The largest absolute Gasteiger partial charge is 0.387 e. The van der Waals surface area contributed by atoms with Gasteiger partial charge in [0.25, 0.3) is 0 Å². The number of hydrogen-bond donors (Lipinski definition) is 1. The molecule has 0 aliphatic carbocycles. The van der Waals surface area contributed by atoms with Crippen LogP contribution in [0.3, 0.4) is 0 Å². The number of aliphatic hydroxyl groups excluding tert-OH is 1. The van der Waals surface area contributed by atoms with Gasteiger partial charge in [-0.1, -0.05) is 25.4 Å². The van der Waals surface area contributed by atoms with Crippen molar-refractivity contribution in [3.8, 4) is 0 Å². The summed E-state index contributed by atoms with van der Waals surface area (Å²) in [6.07, 6.45) is -0.368. The van der Waals surface area contributed by atoms with Gasteiger partial charge < -0.3 is 5.11 Å². The zero-order chi connectivity index (χ0) is 8.43. The van der Waals surface area contributed by atoms with Crippen LogP contribution in [0.1, 0.15) is 24.8 Å². The summed E-state index contributed by atoms with van der Waals surface area (Å²) in [4.78, 5) is 0.949. The standard InChI is InChI=1S/C8H11ClOS/c1-5(2)8(10)7-3-6(9)4-11-7/h3-5,8,10H,1-2H3. The van der Waals surface area contributed by atoms with Crippen molar-refractivity contribution in [2.75, 3.05) is 0 Å². The molecule has 1 N–H and O–H groups in total. The van der Waals surface area contributed by atoms with Crippen LogP contribution >= 0.6 is 22.9 Å². The third kappa shape index (κ3) is 2.19. The molecule has 1 nitrogen and oxygen atoms in total. The van der Waals surface area contributed by atoms with Gasteiger partial charge in [-0.3, -0.25) is 0 Å². The molecule has 0 fully saturated rings. The Morgan fingerprint density at radius 2 is 2.18 bits per heavy atom. The maximum Gasteiger partial charge on any atom is 0.0905 e. The first kappa shape index (κ1) is 9.04. The number of hydrogen-bond acceptors (Lipinski definition) is 2. The monoisotopic (exact) mass is 190 g/mol. The van der Waals surface area contributed by atoms with E-state index in [1.807, 2.05) is 25.3 Å². The van der Waals surface area contributed by atoms with Crippen LogP contribution in [-0.2, 0) is 0 Å². The summed E-state index contributed by atoms with van der Waals surface area (Å²) in [5.74, 6) is 0.254. The Kier molecular flexibility index (Phi) is 2.93. The zero-order valence-electron chi connectivity index (χ0n) is 6.54. The fourth-order valence-electron chi connectivity index (χ4n) is 0.812. The van der Waals surface area contributed by atoms with Crippen LogP contribution in [-0.4, -0.2) is 5.11 Å². The fourth-order valence-corrected chi connectivity index (χ4v) is 2.05. The molecular weight excluding hydrogens is 180 g/mol. The van der Waals surface area contributed by atoms with Gasteiger partial charge in [-0.15, -0.1) is 11.3 Å². The van der Waals surface area contributed by atoms with E-state index in [1.165, 1.54) is 11.3 Å². The predicted octanol–water partition coefficient (Wildman–Crippen LogP) is 3.09. The van der Waals surface area contributed by atoms with Crippen LogP contribution in [0.5, 0.6) is 0 Å². The van der Waals surface area contributed by atoms with E-state index in [1.54, 1.807) is 0 Å². The molecule has 11 heavy (non-hydrogen) atoms. The summed E-state index contributed by atoms with van der Waals surface area (Å²) in [6, 6.07) is 1.82. The molecule has 0 amide bonds. The second-order valence-electron chi connectivity index (χ2n) is 2.86. The summed E-state index contributed by atoms with van der Waals surface area (Å²) in [6.45, 7) is 3.97. The molecule has 3 heteroatoms. The van der Waals surface area contributed by atoms with Crippen molar-refractivity contribution in [1.82, 2.24) is 0 Å². The highest BCUT2D eigenvalue weighted by Gasteiger charge is 2.13. The highest BCUT2D eigenvalue weighted by molar-refractivity contribution is 7.10. The molecule has 1 atom stereocenters. The third-order valence-electron chi connectivity index (χ3n) is 1.51. The second kappa shape index (κ2) is 3.57. The highest BCUT2D eigenvalue weighted by Crippen LogP contribution is 2.29. The molecule has 1 aromatic heterocycles. The zero-order valence-corrected chi connectivity index (χ0v) is 8.12. The molecule has 0 aliphatic heterocycles. The highest BCUT2D eigenvalue weighted by atomic mass is 35.5. The Morgan fingerprint density at radius 3 is 2.55 bits per heavy atom. The molecule has 62 valence electrons. The van der Waals surface area contributed by atoms with Gasteiger partial charge in [-0.05, 0) is 12.0 Å². The van der Waals surface area contributed by atoms with Crippen LogP contribution in [0, 0.1) is 5.92 Å². The van der Waals surface area contributed by atoms with E-state index in [9.17, 15) is 5.11 Å². The normalized spacial score (nSPS) is 13.9. The first-order valence-electron chi connectivity index (χ1n) is 3.53. The SMILES string of the molecule is CC(C)C(O)c1cc(Cl)cs1. The van der Waals surface area contributed by atoms with Gasteiger partial charge >= 0.3 is 0 Å². The van der Waals surface area contributed by atoms with Crippen molar-refractivity contribution in [1.29, 1.82) is 0 Å². The summed E-state index contributed by atoms with van der Waals surface area (Å²) in [5, 5.41) is 12.1. The number of halogens is 1. The minimum atomic E-state index is -0.368. The Hall–Kier alpha value is -0.0500. The second-order valence-corrected chi connectivity index (χ2v) is 4.24. The summed E-state index contributed by atoms with van der Waals surface area (Å²) in [7, 11) is 0. The third-order valence-corrected chi connectivity index (χ3v) is 2.86. The average molecular weight is 191 g/mol. The predicted molar refractivity (Wildman–Crippen MR) is 49.1 cm³/mol. The lowest BCUT2D eigenvalue weighted by atomic mass is 10.1. The molecular formula is C8H11ClOS. The van der Waals surface area contributed by atoms with Crippen molar-refractivity contribution in [2.45, 2.75) is 20.0 Å². The maximum absolute atomic E-state index is 9.56. The van der Waals surface area contributed by atoms with Gasteiger partial charge in [0.1, 0.15) is 0 Å². The maximum atomic E-state index is 9.56. The van der Waals surface area contributed by atoms with Gasteiger partial charge in [-0.25, -0.2) is 0 Å².